The molecule has 2 fully saturated rings. The maximum Gasteiger partial charge on any atom is 0.324 e. The fourth-order valence-corrected chi connectivity index (χ4v) is 9.49. The van der Waals surface area contributed by atoms with Crippen molar-refractivity contribution in [1.82, 2.24) is 30.3 Å². The number of pyridine rings is 1. The average molecular weight is 806 g/mol. The smallest absolute Gasteiger partial charge is 0.324 e. The van der Waals surface area contributed by atoms with Crippen molar-refractivity contribution in [2.75, 3.05) is 20.3 Å². The average Bonchev–Trinajstić information content (AvgIpc) is 3.53. The predicted molar refractivity (Wildman–Crippen MR) is 228 cm³/mol. The molecule has 3 aromatic heterocycles. The highest BCUT2D eigenvalue weighted by molar-refractivity contribution is 7.10. The first-order valence-corrected chi connectivity index (χ1v) is 21.2. The first-order chi connectivity index (χ1) is 27.9. The molecule has 0 spiro atoms. The Hall–Kier alpha value is -4.98. The minimum absolute atomic E-state index is 0.0196. The van der Waals surface area contributed by atoms with E-state index >= 15 is 0 Å². The minimum Gasteiger partial charge on any atom is -0.464 e. The summed E-state index contributed by atoms with van der Waals surface area (Å²) < 4.78 is 14.2. The van der Waals surface area contributed by atoms with Crippen molar-refractivity contribution in [3.8, 4) is 11.3 Å². The molecule has 1 aliphatic carbocycles. The van der Waals surface area contributed by atoms with Crippen LogP contribution in [0.1, 0.15) is 82.3 Å². The summed E-state index contributed by atoms with van der Waals surface area (Å²) in [5, 5.41) is 8.37. The molecular formula is C45H55N7O5S. The normalized spacial score (nSPS) is 24.5. The molecule has 5 heterocycles. The SMILES string of the molecule is C=C/C(=C(\N=C/C)[C@H](C)OC)c1c2c3cc(ccc3n1CC)-c1csc(n1)C[C@H](NC(=O)[C@@H]1[C@H](C)[C@@H]1c1ccccn1)C(=O)N1CCC[C@H](N1)C(=O)OCC(C)(C)C2. The number of carbonyl (C=O) groups excluding carboxylic acids is 3. The van der Waals surface area contributed by atoms with Crippen LogP contribution in [0.25, 0.3) is 27.7 Å². The van der Waals surface area contributed by atoms with E-state index in [4.69, 9.17) is 19.5 Å². The number of aryl methyl sites for hydroxylation is 1. The molecule has 7 rings (SSSR count). The van der Waals surface area contributed by atoms with Crippen molar-refractivity contribution in [3.05, 3.63) is 88.3 Å². The van der Waals surface area contributed by atoms with E-state index in [9.17, 15) is 14.4 Å². The highest BCUT2D eigenvalue weighted by Crippen LogP contribution is 2.53. The van der Waals surface area contributed by atoms with Gasteiger partial charge in [-0.3, -0.25) is 29.4 Å². The highest BCUT2D eigenvalue weighted by atomic mass is 32.1. The number of amides is 2. The first kappa shape index (κ1) is 41.2. The molecule has 0 radical (unpaired) electrons. The van der Waals surface area contributed by atoms with E-state index in [1.165, 1.54) is 16.3 Å². The lowest BCUT2D eigenvalue weighted by atomic mass is 9.84. The molecule has 2 N–H and O–H groups in total. The largest absolute Gasteiger partial charge is 0.464 e. The number of esters is 1. The van der Waals surface area contributed by atoms with Gasteiger partial charge in [-0.2, -0.15) is 0 Å². The van der Waals surface area contributed by atoms with Crippen LogP contribution in [0.5, 0.6) is 0 Å². The predicted octanol–water partition coefficient (Wildman–Crippen LogP) is 6.90. The summed E-state index contributed by atoms with van der Waals surface area (Å²) in [6.45, 7) is 17.7. The molecular weight excluding hydrogens is 751 g/mol. The Bertz CT molecular complexity index is 2260. The van der Waals surface area contributed by atoms with Gasteiger partial charge in [-0.1, -0.05) is 45.6 Å². The van der Waals surface area contributed by atoms with E-state index in [2.05, 4.69) is 65.8 Å². The maximum atomic E-state index is 14.4. The number of nitrogens with one attached hydrogen (secondary N) is 2. The Balaban J connectivity index is 1.32. The number of carbonyl (C=O) groups is 3. The van der Waals surface area contributed by atoms with Gasteiger partial charge in [0.2, 0.25) is 5.91 Å². The van der Waals surface area contributed by atoms with E-state index in [0.717, 1.165) is 50.4 Å². The number of aliphatic imine (C=N–C) groups is 1. The van der Waals surface area contributed by atoms with Crippen LogP contribution in [-0.4, -0.2) is 82.0 Å². The number of benzene rings is 1. The van der Waals surface area contributed by atoms with Crippen molar-refractivity contribution < 1.29 is 23.9 Å². The number of cyclic esters (lactones) is 1. The number of ether oxygens (including phenoxy) is 2. The Labute approximate surface area is 344 Å². The monoisotopic (exact) mass is 805 g/mol. The van der Waals surface area contributed by atoms with Gasteiger partial charge in [-0.25, -0.2) is 10.4 Å². The molecule has 12 nitrogen and oxygen atoms in total. The van der Waals surface area contributed by atoms with Crippen LogP contribution < -0.4 is 10.7 Å². The fourth-order valence-electron chi connectivity index (χ4n) is 8.64. The molecule has 2 amide bonds. The van der Waals surface area contributed by atoms with Gasteiger partial charge in [0.05, 0.1) is 34.8 Å². The summed E-state index contributed by atoms with van der Waals surface area (Å²) in [5.41, 5.74) is 10.1. The molecule has 6 bridgehead atoms. The number of nitrogens with zero attached hydrogens (tertiary/aromatic N) is 5. The van der Waals surface area contributed by atoms with Gasteiger partial charge < -0.3 is 19.4 Å². The van der Waals surface area contributed by atoms with Gasteiger partial charge in [0.25, 0.3) is 5.91 Å². The van der Waals surface area contributed by atoms with Crippen LogP contribution in [0, 0.1) is 17.3 Å². The van der Waals surface area contributed by atoms with E-state index < -0.39 is 23.5 Å². The third kappa shape index (κ3) is 8.17. The summed E-state index contributed by atoms with van der Waals surface area (Å²) in [6.07, 6.45) is 6.98. The second kappa shape index (κ2) is 17.1. The second-order valence-electron chi connectivity index (χ2n) is 16.4. The van der Waals surface area contributed by atoms with Crippen LogP contribution in [0.3, 0.4) is 0 Å². The van der Waals surface area contributed by atoms with E-state index in [1.54, 1.807) is 19.5 Å². The van der Waals surface area contributed by atoms with Crippen LogP contribution in [-0.2, 0) is 43.2 Å². The number of thiazole rings is 1. The number of allylic oxidation sites excluding steroid dienone is 2. The zero-order valence-electron chi connectivity index (χ0n) is 34.6. The zero-order chi connectivity index (χ0) is 41.3. The summed E-state index contributed by atoms with van der Waals surface area (Å²) in [7, 11) is 1.68. The second-order valence-corrected chi connectivity index (χ2v) is 17.3. The molecule has 1 aromatic carbocycles. The quantitative estimate of drug-likeness (QED) is 0.106. The van der Waals surface area contributed by atoms with Crippen LogP contribution in [0.2, 0.25) is 0 Å². The summed E-state index contributed by atoms with van der Waals surface area (Å²) in [4.78, 5) is 56.4. The number of aromatic nitrogens is 3. The van der Waals surface area contributed by atoms with Crippen molar-refractivity contribution in [3.63, 3.8) is 0 Å². The Morgan fingerprint density at radius 1 is 1.26 bits per heavy atom. The van der Waals surface area contributed by atoms with Gasteiger partial charge in [-0.15, -0.1) is 11.3 Å². The topological polar surface area (TPSA) is 140 Å². The Morgan fingerprint density at radius 3 is 2.78 bits per heavy atom. The van der Waals surface area contributed by atoms with Gasteiger partial charge in [0.1, 0.15) is 12.1 Å². The molecule has 58 heavy (non-hydrogen) atoms. The molecule has 4 aromatic rings. The van der Waals surface area contributed by atoms with Gasteiger partial charge in [0.15, 0.2) is 0 Å². The van der Waals surface area contributed by atoms with Crippen molar-refractivity contribution >= 4 is 51.8 Å². The van der Waals surface area contributed by atoms with Gasteiger partial charge >= 0.3 is 5.97 Å². The number of hydrogen-bond donors (Lipinski definition) is 2. The zero-order valence-corrected chi connectivity index (χ0v) is 35.4. The van der Waals surface area contributed by atoms with Gasteiger partial charge in [-0.05, 0) is 75.8 Å². The van der Waals surface area contributed by atoms with E-state index in [1.807, 2.05) is 50.4 Å². The number of rotatable bonds is 9. The number of hydrazine groups is 1. The lowest BCUT2D eigenvalue weighted by Gasteiger charge is -2.35. The molecule has 1 saturated carbocycles. The third-order valence-electron chi connectivity index (χ3n) is 11.8. The van der Waals surface area contributed by atoms with Crippen LogP contribution in [0.15, 0.2) is 71.3 Å². The lowest BCUT2D eigenvalue weighted by Crippen LogP contribution is -2.60. The fraction of sp³-hybridized carbons (Fsp3) is 0.467. The van der Waals surface area contributed by atoms with Crippen molar-refractivity contribution in [1.29, 1.82) is 0 Å². The lowest BCUT2D eigenvalue weighted by molar-refractivity contribution is -0.155. The van der Waals surface area contributed by atoms with Crippen LogP contribution in [0.4, 0.5) is 0 Å². The first-order valence-electron chi connectivity index (χ1n) is 20.3. The van der Waals surface area contributed by atoms with Crippen LogP contribution >= 0.6 is 11.3 Å². The molecule has 3 aliphatic rings. The third-order valence-corrected chi connectivity index (χ3v) is 12.6. The van der Waals surface area contributed by atoms with Crippen molar-refractivity contribution in [2.24, 2.45) is 22.2 Å². The minimum atomic E-state index is -0.905. The number of methoxy groups -OCH3 is 1. The molecule has 1 saturated heterocycles. The Morgan fingerprint density at radius 2 is 2.07 bits per heavy atom. The summed E-state index contributed by atoms with van der Waals surface area (Å²) in [5.74, 6) is -1.16. The Kier molecular flexibility index (Phi) is 12.1. The number of fused-ring (bicyclic) bond motifs is 6. The molecule has 6 atom stereocenters. The summed E-state index contributed by atoms with van der Waals surface area (Å²) >= 11 is 1.46. The van der Waals surface area contributed by atoms with Gasteiger partial charge in [0, 0.05) is 89.4 Å². The molecule has 0 unspecified atom stereocenters. The standard InChI is InChI=1S/C45H55N7O5S/c1-9-29(40(46-10-2)27(5)56-8)41-31-23-45(6,7)25-57-44(55)33-16-14-20-52(50-33)43(54)34(49-42(53)39-26(4)38(39)32-15-12-13-19-47-32)22-37-48-35(24-58-37)28-17-18-36(30(31)21-28)51(41)11-3/h9-10,12-13,15,17-19,21,24,26-27,33-34,38-39,50H,1,11,14,16,20,22-23,25H2,2-8H3,(H,49,53)/b40-29+,46-10-/t26-,27+,33+,34+,38-,39-/m1/s1. The maximum absolute atomic E-state index is 14.4. The molecule has 306 valence electrons. The summed E-state index contributed by atoms with van der Waals surface area (Å²) in [6, 6.07) is 10.5. The highest BCUT2D eigenvalue weighted by Gasteiger charge is 2.54. The molecule has 2 aliphatic heterocycles. The van der Waals surface area contributed by atoms with E-state index in [0.29, 0.717) is 37.4 Å². The van der Waals surface area contributed by atoms with E-state index in [-0.39, 0.29) is 48.7 Å². The molecule has 13 heteroatoms. The number of hydrogen-bond acceptors (Lipinski definition) is 10. The van der Waals surface area contributed by atoms with Crippen molar-refractivity contribution in [2.45, 2.75) is 97.9 Å².